The lowest BCUT2D eigenvalue weighted by molar-refractivity contribution is 1.05. The molecule has 5 aromatic heterocycles. The summed E-state index contributed by atoms with van der Waals surface area (Å²) < 4.78 is 0. The third-order valence-corrected chi connectivity index (χ3v) is 8.39. The van der Waals surface area contributed by atoms with Crippen LogP contribution in [0, 0.1) is 0 Å². The van der Waals surface area contributed by atoms with Gasteiger partial charge in [-0.3, -0.25) is 9.97 Å². The molecule has 9 rings (SSSR count). The van der Waals surface area contributed by atoms with Crippen LogP contribution in [-0.2, 0) is 0 Å². The molecule has 0 saturated carbocycles. The van der Waals surface area contributed by atoms with E-state index in [1.165, 1.54) is 12.7 Å². The molecular weight excluding hydrogens is 566 g/mol. The number of nitrogens with zero attached hydrogens (tertiary/aromatic N) is 7. The van der Waals surface area contributed by atoms with Crippen molar-refractivity contribution in [3.63, 3.8) is 0 Å². The topological polar surface area (TPSA) is 90.2 Å². The van der Waals surface area contributed by atoms with Crippen LogP contribution >= 0.6 is 0 Å². The minimum Gasteiger partial charge on any atom is -0.254 e. The van der Waals surface area contributed by atoms with Crippen LogP contribution in [0.3, 0.4) is 0 Å². The van der Waals surface area contributed by atoms with Gasteiger partial charge in [0.25, 0.3) is 0 Å². The first-order chi connectivity index (χ1) is 22.8. The second-order valence-corrected chi connectivity index (χ2v) is 11.1. The highest BCUT2D eigenvalue weighted by molar-refractivity contribution is 6.10. The number of hydrogen-bond acceptors (Lipinski definition) is 7. The first-order valence-corrected chi connectivity index (χ1v) is 14.9. The third kappa shape index (κ3) is 4.50. The molecule has 0 aliphatic heterocycles. The Morgan fingerprint density at radius 2 is 1.02 bits per heavy atom. The van der Waals surface area contributed by atoms with E-state index in [4.69, 9.17) is 9.97 Å². The lowest BCUT2D eigenvalue weighted by Gasteiger charge is -2.11. The van der Waals surface area contributed by atoms with E-state index in [-0.39, 0.29) is 0 Å². The number of pyridine rings is 4. The molecule has 0 saturated heterocycles. The molecule has 0 unspecified atom stereocenters. The van der Waals surface area contributed by atoms with E-state index < -0.39 is 0 Å². The summed E-state index contributed by atoms with van der Waals surface area (Å²) in [6.45, 7) is 0. The summed E-state index contributed by atoms with van der Waals surface area (Å²) in [4.78, 5) is 31.6. The quantitative estimate of drug-likeness (QED) is 0.190. The van der Waals surface area contributed by atoms with Crippen molar-refractivity contribution in [1.82, 2.24) is 34.9 Å². The molecule has 0 N–H and O–H groups in total. The Kier molecular flexibility index (Phi) is 5.99. The summed E-state index contributed by atoms with van der Waals surface area (Å²) in [5, 5.41) is 4.30. The zero-order valence-corrected chi connectivity index (χ0v) is 24.4. The van der Waals surface area contributed by atoms with Crippen molar-refractivity contribution < 1.29 is 0 Å². The van der Waals surface area contributed by atoms with Crippen LogP contribution in [0.2, 0.25) is 0 Å². The molecule has 7 nitrogen and oxygen atoms in total. The fraction of sp³-hybridized carbons (Fsp3) is 0. The SMILES string of the molecule is c1cnc2c(c1)cc(-c1ccc(-c3ccc4ccc(-c5ccc6ccc(-c7ncncn7)nc6c5)nc4c3)cc1)c1cccnc12. The van der Waals surface area contributed by atoms with Crippen LogP contribution in [0.4, 0.5) is 0 Å². The molecule has 0 amide bonds. The zero-order chi connectivity index (χ0) is 30.5. The average molecular weight is 590 g/mol. The van der Waals surface area contributed by atoms with Crippen LogP contribution in [0.15, 0.2) is 140 Å². The monoisotopic (exact) mass is 589 g/mol. The van der Waals surface area contributed by atoms with Crippen LogP contribution in [-0.4, -0.2) is 34.9 Å². The normalized spacial score (nSPS) is 11.5. The van der Waals surface area contributed by atoms with E-state index in [0.717, 1.165) is 77.1 Å². The smallest absolute Gasteiger partial charge is 0.181 e. The van der Waals surface area contributed by atoms with Crippen LogP contribution < -0.4 is 0 Å². The third-order valence-electron chi connectivity index (χ3n) is 8.39. The van der Waals surface area contributed by atoms with Crippen LogP contribution in [0.1, 0.15) is 0 Å². The molecular formula is C39H23N7. The van der Waals surface area contributed by atoms with Crippen molar-refractivity contribution in [2.45, 2.75) is 0 Å². The van der Waals surface area contributed by atoms with Crippen molar-refractivity contribution >= 4 is 43.6 Å². The molecule has 0 bridgehead atoms. The molecule has 46 heavy (non-hydrogen) atoms. The van der Waals surface area contributed by atoms with Crippen molar-refractivity contribution in [2.24, 2.45) is 0 Å². The first-order valence-electron chi connectivity index (χ1n) is 14.9. The van der Waals surface area contributed by atoms with Gasteiger partial charge in [-0.1, -0.05) is 72.8 Å². The Balaban J connectivity index is 1.07. The van der Waals surface area contributed by atoms with Gasteiger partial charge in [0.05, 0.1) is 27.8 Å². The lowest BCUT2D eigenvalue weighted by Crippen LogP contribution is -1.93. The van der Waals surface area contributed by atoms with Gasteiger partial charge in [0.2, 0.25) is 0 Å². The Morgan fingerprint density at radius 3 is 1.83 bits per heavy atom. The largest absolute Gasteiger partial charge is 0.254 e. The maximum Gasteiger partial charge on any atom is 0.181 e. The fourth-order valence-corrected chi connectivity index (χ4v) is 6.09. The second kappa shape index (κ2) is 10.6. The standard InChI is InChI=1S/C39H23N7/c1-3-30-19-32(31-4-2-18-42-38(31)37(30)41-17-1)25-7-5-24(6-8-25)28-11-9-26-13-15-33(45-35(26)20-28)29-12-10-27-14-16-34(46-36(27)21-29)39-43-22-40-23-44-39/h1-23H. The molecule has 0 atom stereocenters. The summed E-state index contributed by atoms with van der Waals surface area (Å²) in [7, 11) is 0. The Labute approximate surface area is 263 Å². The Hall–Kier alpha value is -6.47. The molecule has 0 fully saturated rings. The number of aromatic nitrogens is 7. The predicted octanol–water partition coefficient (Wildman–Crippen LogP) is 8.73. The molecule has 0 aliphatic carbocycles. The fourth-order valence-electron chi connectivity index (χ4n) is 6.09. The van der Waals surface area contributed by atoms with Gasteiger partial charge in [0, 0.05) is 39.5 Å². The zero-order valence-electron chi connectivity index (χ0n) is 24.4. The van der Waals surface area contributed by atoms with E-state index in [9.17, 15) is 0 Å². The second-order valence-electron chi connectivity index (χ2n) is 11.1. The van der Waals surface area contributed by atoms with Crippen molar-refractivity contribution in [2.75, 3.05) is 0 Å². The van der Waals surface area contributed by atoms with Crippen molar-refractivity contribution in [3.05, 3.63) is 140 Å². The van der Waals surface area contributed by atoms with Gasteiger partial charge in [-0.2, -0.15) is 0 Å². The maximum atomic E-state index is 5.07. The molecule has 0 aliphatic rings. The lowest BCUT2D eigenvalue weighted by atomic mass is 9.95. The number of rotatable bonds is 4. The van der Waals surface area contributed by atoms with E-state index >= 15 is 0 Å². The molecule has 7 heteroatoms. The molecule has 5 heterocycles. The number of hydrogen-bond donors (Lipinski definition) is 0. The van der Waals surface area contributed by atoms with Gasteiger partial charge in [-0.25, -0.2) is 24.9 Å². The van der Waals surface area contributed by atoms with E-state index in [1.807, 2.05) is 36.7 Å². The van der Waals surface area contributed by atoms with Crippen LogP contribution in [0.5, 0.6) is 0 Å². The van der Waals surface area contributed by atoms with Gasteiger partial charge in [-0.05, 0) is 64.7 Å². The number of fused-ring (bicyclic) bond motifs is 5. The highest BCUT2D eigenvalue weighted by Crippen LogP contribution is 2.35. The summed E-state index contributed by atoms with van der Waals surface area (Å²) in [5.41, 5.74) is 10.7. The minimum absolute atomic E-state index is 0.548. The van der Waals surface area contributed by atoms with Crippen molar-refractivity contribution in [1.29, 1.82) is 0 Å². The first kappa shape index (κ1) is 26.0. The van der Waals surface area contributed by atoms with Gasteiger partial charge < -0.3 is 0 Å². The number of benzene rings is 4. The van der Waals surface area contributed by atoms with E-state index in [0.29, 0.717) is 11.5 Å². The molecule has 0 radical (unpaired) electrons. The Morgan fingerprint density at radius 1 is 0.413 bits per heavy atom. The molecule has 0 spiro atoms. The summed E-state index contributed by atoms with van der Waals surface area (Å²) >= 11 is 0. The van der Waals surface area contributed by atoms with E-state index in [2.05, 4.69) is 116 Å². The average Bonchev–Trinajstić information content (AvgIpc) is 3.14. The van der Waals surface area contributed by atoms with Gasteiger partial charge in [-0.15, -0.1) is 0 Å². The van der Waals surface area contributed by atoms with E-state index in [1.54, 1.807) is 0 Å². The van der Waals surface area contributed by atoms with Gasteiger partial charge >= 0.3 is 0 Å². The molecule has 214 valence electrons. The summed E-state index contributed by atoms with van der Waals surface area (Å²) in [6.07, 6.45) is 6.61. The van der Waals surface area contributed by atoms with Crippen LogP contribution in [0.25, 0.3) is 88.6 Å². The highest BCUT2D eigenvalue weighted by atomic mass is 15.0. The van der Waals surface area contributed by atoms with Gasteiger partial charge in [0.1, 0.15) is 18.3 Å². The summed E-state index contributed by atoms with van der Waals surface area (Å²) in [6, 6.07) is 39.9. The molecule has 4 aromatic carbocycles. The maximum absolute atomic E-state index is 5.07. The predicted molar refractivity (Wildman–Crippen MR) is 183 cm³/mol. The Bertz CT molecular complexity index is 2580. The summed E-state index contributed by atoms with van der Waals surface area (Å²) in [5.74, 6) is 0.548. The van der Waals surface area contributed by atoms with Crippen molar-refractivity contribution in [3.8, 4) is 45.0 Å². The highest BCUT2D eigenvalue weighted by Gasteiger charge is 2.12. The molecule has 9 aromatic rings. The minimum atomic E-state index is 0.548. The van der Waals surface area contributed by atoms with Gasteiger partial charge in [0.15, 0.2) is 5.82 Å².